The second-order valence-electron chi connectivity index (χ2n) is 7.81. The highest BCUT2D eigenvalue weighted by Crippen LogP contribution is 2.22. The fourth-order valence-corrected chi connectivity index (χ4v) is 1.37. The van der Waals surface area contributed by atoms with E-state index in [-0.39, 0.29) is 5.70 Å². The van der Waals surface area contributed by atoms with Crippen LogP contribution < -0.4 is 5.32 Å². The molecule has 0 radical (unpaired) electrons. The number of ether oxygens (including phenoxy) is 2. The number of allylic oxidation sites excluding steroid dienone is 1. The van der Waals surface area contributed by atoms with Crippen LogP contribution in [0.2, 0.25) is 0 Å². The van der Waals surface area contributed by atoms with Crippen molar-refractivity contribution in [3.8, 4) is 0 Å². The minimum absolute atomic E-state index is 0.122. The smallest absolute Gasteiger partial charge is 0.412 e. The predicted octanol–water partition coefficient (Wildman–Crippen LogP) is 4.12. The molecule has 0 aliphatic heterocycles. The number of alkyl carbamates (subject to hydrolysis) is 1. The number of rotatable bonds is 6. The van der Waals surface area contributed by atoms with E-state index in [0.717, 1.165) is 0 Å². The maximum Gasteiger partial charge on any atom is 0.412 e. The van der Waals surface area contributed by atoms with E-state index in [1.165, 1.54) is 6.08 Å². The van der Waals surface area contributed by atoms with E-state index >= 15 is 0 Å². The number of amides is 1. The Morgan fingerprint density at radius 1 is 1.04 bits per heavy atom. The van der Waals surface area contributed by atoms with Crippen LogP contribution in [-0.4, -0.2) is 29.9 Å². The van der Waals surface area contributed by atoms with Gasteiger partial charge in [-0.25, -0.2) is 9.59 Å². The van der Waals surface area contributed by atoms with Crippen LogP contribution in [0.5, 0.6) is 0 Å². The van der Waals surface area contributed by atoms with E-state index in [9.17, 15) is 14.0 Å². The molecule has 0 rings (SSSR count). The molecule has 1 N–H and O–H groups in total. The second kappa shape index (κ2) is 7.79. The zero-order valence-electron chi connectivity index (χ0n) is 15.5. The number of carbonyl (C=O) groups is 2. The van der Waals surface area contributed by atoms with E-state index in [1.807, 2.05) is 6.92 Å². The molecule has 0 unspecified atom stereocenters. The Morgan fingerprint density at radius 3 is 1.96 bits per heavy atom. The van der Waals surface area contributed by atoms with Gasteiger partial charge in [-0.3, -0.25) is 9.71 Å². The average molecular weight is 331 g/mol. The molecule has 23 heavy (non-hydrogen) atoms. The van der Waals surface area contributed by atoms with Gasteiger partial charge in [0.2, 0.25) is 0 Å². The Labute approximate surface area is 138 Å². The van der Waals surface area contributed by atoms with E-state index < -0.39 is 35.4 Å². The molecule has 6 heteroatoms. The van der Waals surface area contributed by atoms with Gasteiger partial charge in [0.1, 0.15) is 16.9 Å². The molecule has 0 fully saturated rings. The SMILES string of the molecule is CCC(C)(C)OC(=O)/C(=C/C(C)(C)CF)NC(=O)OC(C)(C)C. The van der Waals surface area contributed by atoms with Crippen molar-refractivity contribution in [2.24, 2.45) is 5.41 Å². The van der Waals surface area contributed by atoms with Gasteiger partial charge in [0.15, 0.2) is 0 Å². The Balaban J connectivity index is 5.34. The van der Waals surface area contributed by atoms with Gasteiger partial charge in [-0.1, -0.05) is 20.8 Å². The Bertz CT molecular complexity index is 462. The van der Waals surface area contributed by atoms with Crippen molar-refractivity contribution in [2.75, 3.05) is 6.67 Å². The summed E-state index contributed by atoms with van der Waals surface area (Å²) >= 11 is 0. The van der Waals surface area contributed by atoms with Gasteiger partial charge in [-0.2, -0.15) is 0 Å². The number of carbonyl (C=O) groups excluding carboxylic acids is 2. The average Bonchev–Trinajstić information content (AvgIpc) is 2.35. The van der Waals surface area contributed by atoms with Crippen LogP contribution in [0.15, 0.2) is 11.8 Å². The summed E-state index contributed by atoms with van der Waals surface area (Å²) < 4.78 is 23.6. The molecule has 0 saturated heterocycles. The highest BCUT2D eigenvalue weighted by molar-refractivity contribution is 5.92. The summed E-state index contributed by atoms with van der Waals surface area (Å²) in [5.74, 6) is -0.718. The van der Waals surface area contributed by atoms with E-state index in [0.29, 0.717) is 6.42 Å². The molecule has 0 aliphatic rings. The Morgan fingerprint density at radius 2 is 1.57 bits per heavy atom. The minimum atomic E-state index is -0.917. The molecule has 0 saturated carbocycles. The van der Waals surface area contributed by atoms with Crippen LogP contribution in [0.25, 0.3) is 0 Å². The lowest BCUT2D eigenvalue weighted by Crippen LogP contribution is -2.38. The maximum absolute atomic E-state index is 13.1. The molecule has 0 aliphatic carbocycles. The quantitative estimate of drug-likeness (QED) is 0.587. The molecular weight excluding hydrogens is 301 g/mol. The first kappa shape index (κ1) is 21.4. The number of nitrogens with one attached hydrogen (secondary N) is 1. The van der Waals surface area contributed by atoms with Crippen LogP contribution in [0.3, 0.4) is 0 Å². The topological polar surface area (TPSA) is 64.6 Å². The lowest BCUT2D eigenvalue weighted by atomic mass is 9.94. The fourth-order valence-electron chi connectivity index (χ4n) is 1.37. The summed E-state index contributed by atoms with van der Waals surface area (Å²) in [5.41, 5.74) is -2.44. The number of hydrogen-bond acceptors (Lipinski definition) is 4. The van der Waals surface area contributed by atoms with E-state index in [4.69, 9.17) is 9.47 Å². The standard InChI is InChI=1S/C17H30FNO4/c1-9-17(7,8)22-13(20)12(10-16(5,6)11-18)19-14(21)23-15(2,3)4/h10H,9,11H2,1-8H3,(H,19,21)/b12-10-. The largest absolute Gasteiger partial charge is 0.455 e. The van der Waals surface area contributed by atoms with Crippen LogP contribution in [0.4, 0.5) is 9.18 Å². The van der Waals surface area contributed by atoms with Crippen LogP contribution >= 0.6 is 0 Å². The Kier molecular flexibility index (Phi) is 7.26. The zero-order valence-corrected chi connectivity index (χ0v) is 15.5. The molecule has 0 spiro atoms. The van der Waals surface area contributed by atoms with Crippen LogP contribution in [0, 0.1) is 5.41 Å². The first-order valence-corrected chi connectivity index (χ1v) is 7.73. The van der Waals surface area contributed by atoms with Gasteiger partial charge >= 0.3 is 12.1 Å². The van der Waals surface area contributed by atoms with Gasteiger partial charge in [-0.05, 0) is 47.1 Å². The number of hydrogen-bond donors (Lipinski definition) is 1. The van der Waals surface area contributed by atoms with Gasteiger partial charge in [0.05, 0.1) is 6.67 Å². The first-order chi connectivity index (χ1) is 10.2. The summed E-state index contributed by atoms with van der Waals surface area (Å²) in [6.45, 7) is 13.1. The van der Waals surface area contributed by atoms with Crippen molar-refractivity contribution in [3.05, 3.63) is 11.8 Å². The number of halogens is 1. The van der Waals surface area contributed by atoms with Gasteiger partial charge in [0, 0.05) is 5.41 Å². The predicted molar refractivity (Wildman–Crippen MR) is 87.7 cm³/mol. The molecule has 0 aromatic carbocycles. The van der Waals surface area contributed by atoms with Crippen molar-refractivity contribution in [1.82, 2.24) is 5.32 Å². The first-order valence-electron chi connectivity index (χ1n) is 7.73. The summed E-state index contributed by atoms with van der Waals surface area (Å²) in [6, 6.07) is 0. The van der Waals surface area contributed by atoms with Crippen molar-refractivity contribution < 1.29 is 23.5 Å². The molecule has 0 aromatic heterocycles. The monoisotopic (exact) mass is 331 g/mol. The van der Waals surface area contributed by atoms with Crippen molar-refractivity contribution in [1.29, 1.82) is 0 Å². The normalized spacial score (nSPS) is 13.5. The molecular formula is C17H30FNO4. The fraction of sp³-hybridized carbons (Fsp3) is 0.765. The van der Waals surface area contributed by atoms with Crippen molar-refractivity contribution in [2.45, 2.75) is 73.0 Å². The third-order valence-electron chi connectivity index (χ3n) is 2.96. The van der Waals surface area contributed by atoms with Crippen LogP contribution in [-0.2, 0) is 14.3 Å². The third kappa shape index (κ3) is 9.21. The number of esters is 1. The van der Waals surface area contributed by atoms with E-state index in [1.54, 1.807) is 48.5 Å². The molecule has 5 nitrogen and oxygen atoms in total. The third-order valence-corrected chi connectivity index (χ3v) is 2.96. The molecule has 0 heterocycles. The summed E-state index contributed by atoms with van der Waals surface area (Å²) in [4.78, 5) is 24.2. The minimum Gasteiger partial charge on any atom is -0.455 e. The molecule has 0 aromatic rings. The van der Waals surface area contributed by atoms with E-state index in [2.05, 4.69) is 5.32 Å². The van der Waals surface area contributed by atoms with Crippen LogP contribution in [0.1, 0.15) is 61.8 Å². The van der Waals surface area contributed by atoms with Gasteiger partial charge in [0.25, 0.3) is 0 Å². The molecule has 0 bridgehead atoms. The highest BCUT2D eigenvalue weighted by atomic mass is 19.1. The maximum atomic E-state index is 13.1. The molecule has 0 atom stereocenters. The van der Waals surface area contributed by atoms with Gasteiger partial charge < -0.3 is 9.47 Å². The Hall–Kier alpha value is -1.59. The summed E-state index contributed by atoms with van der Waals surface area (Å²) in [6.07, 6.45) is 1.17. The van der Waals surface area contributed by atoms with Gasteiger partial charge in [-0.15, -0.1) is 0 Å². The number of alkyl halides is 1. The second-order valence-corrected chi connectivity index (χ2v) is 7.81. The zero-order chi connectivity index (χ0) is 18.5. The highest BCUT2D eigenvalue weighted by Gasteiger charge is 2.28. The lowest BCUT2D eigenvalue weighted by molar-refractivity contribution is -0.152. The summed E-state index contributed by atoms with van der Waals surface area (Å²) in [5, 5.41) is 2.37. The molecule has 134 valence electrons. The van der Waals surface area contributed by atoms with Crippen molar-refractivity contribution >= 4 is 12.1 Å². The summed E-state index contributed by atoms with van der Waals surface area (Å²) in [7, 11) is 0. The molecule has 1 amide bonds. The lowest BCUT2D eigenvalue weighted by Gasteiger charge is -2.26. The van der Waals surface area contributed by atoms with Crippen molar-refractivity contribution in [3.63, 3.8) is 0 Å².